The Morgan fingerprint density at radius 3 is 1.06 bits per heavy atom. The molecule has 1 amide bonds. The van der Waals surface area contributed by atoms with Crippen molar-refractivity contribution in [1.29, 1.82) is 0 Å². The van der Waals surface area contributed by atoms with E-state index in [1.165, 1.54) is 250 Å². The van der Waals surface area contributed by atoms with Crippen LogP contribution in [0.4, 0.5) is 0 Å². The lowest BCUT2D eigenvalue weighted by atomic mass is 10.0. The molecule has 486 valence electrons. The minimum absolute atomic E-state index is 0.0606. The first-order valence-electron chi connectivity index (χ1n) is 35.8. The summed E-state index contributed by atoms with van der Waals surface area (Å²) in [4.78, 5) is 23.4. The van der Waals surface area contributed by atoms with Crippen molar-refractivity contribution in [3.8, 4) is 0 Å². The fraction of sp³-hybridized carbons (Fsp3) is 0.824. The summed E-state index contributed by atoms with van der Waals surface area (Å²) in [7, 11) is 1.58. The van der Waals surface area contributed by atoms with E-state index in [0.717, 1.165) is 70.6 Å². The van der Waals surface area contributed by atoms with Crippen LogP contribution in [0.2, 0.25) is 0 Å². The van der Waals surface area contributed by atoms with Crippen LogP contribution in [0.25, 0.3) is 0 Å². The number of amides is 1. The van der Waals surface area contributed by atoms with E-state index in [1.807, 2.05) is 27.2 Å². The molecule has 0 saturated carbocycles. The van der Waals surface area contributed by atoms with Crippen molar-refractivity contribution in [1.82, 2.24) is 5.32 Å². The van der Waals surface area contributed by atoms with Crippen molar-refractivity contribution in [3.05, 3.63) is 72.9 Å². The molecular weight excluding hydrogens is 1040 g/mol. The van der Waals surface area contributed by atoms with Crippen molar-refractivity contribution < 1.29 is 32.9 Å². The summed E-state index contributed by atoms with van der Waals surface area (Å²) in [6.07, 6.45) is 90.5. The van der Waals surface area contributed by atoms with Crippen molar-refractivity contribution in [2.75, 3.05) is 40.9 Å². The molecule has 0 aromatic heterocycles. The van der Waals surface area contributed by atoms with E-state index in [1.54, 1.807) is 6.08 Å². The van der Waals surface area contributed by atoms with E-state index in [2.05, 4.69) is 79.9 Å². The number of carbonyl (C=O) groups is 1. The smallest absolute Gasteiger partial charge is 0.387 e. The van der Waals surface area contributed by atoms with E-state index in [0.29, 0.717) is 17.4 Å². The molecule has 0 spiro atoms. The predicted molar refractivity (Wildman–Crippen MR) is 364 cm³/mol. The van der Waals surface area contributed by atoms with Gasteiger partial charge < -0.3 is 19.8 Å². The third-order valence-corrected chi connectivity index (χ3v) is 17.2. The number of likely N-dealkylation sites (N-methyl/N-ethyl adjacent to an activating group) is 1. The number of nitrogens with zero attached hydrogens (tertiary/aromatic N) is 1. The van der Waals surface area contributed by atoms with E-state index >= 15 is 0 Å². The minimum atomic E-state index is -4.36. The topological polar surface area (TPSA) is 105 Å². The number of hydrogen-bond donors (Lipinski definition) is 3. The van der Waals surface area contributed by atoms with Gasteiger partial charge in [-0.1, -0.05) is 344 Å². The van der Waals surface area contributed by atoms with Gasteiger partial charge in [0.15, 0.2) is 0 Å². The number of rotatable bonds is 66. The van der Waals surface area contributed by atoms with Gasteiger partial charge in [0, 0.05) is 6.42 Å². The van der Waals surface area contributed by atoms with E-state index in [9.17, 15) is 19.4 Å². The number of aliphatic hydroxyl groups is 1. The summed E-state index contributed by atoms with van der Waals surface area (Å²) < 4.78 is 23.8. The van der Waals surface area contributed by atoms with Gasteiger partial charge in [-0.2, -0.15) is 0 Å². The summed E-state index contributed by atoms with van der Waals surface area (Å²) >= 11 is 0. The van der Waals surface area contributed by atoms with Crippen molar-refractivity contribution in [3.63, 3.8) is 0 Å². The highest BCUT2D eigenvalue weighted by Gasteiger charge is 2.28. The average molecular weight is 1180 g/mol. The van der Waals surface area contributed by atoms with Crippen LogP contribution in [0.3, 0.4) is 0 Å². The van der Waals surface area contributed by atoms with Crippen LogP contribution < -0.4 is 5.32 Å². The van der Waals surface area contributed by atoms with Gasteiger partial charge in [-0.15, -0.1) is 0 Å². The van der Waals surface area contributed by atoms with Gasteiger partial charge in [0.2, 0.25) is 5.91 Å². The Morgan fingerprint density at radius 2 is 0.723 bits per heavy atom. The molecule has 9 heteroatoms. The molecule has 3 N–H and O–H groups in total. The van der Waals surface area contributed by atoms with Crippen LogP contribution in [-0.4, -0.2) is 73.4 Å². The van der Waals surface area contributed by atoms with Crippen LogP contribution in [0.15, 0.2) is 72.9 Å². The van der Waals surface area contributed by atoms with E-state index in [-0.39, 0.29) is 19.1 Å². The molecular formula is C74H140N2O6P+. The minimum Gasteiger partial charge on any atom is -0.387 e. The molecule has 8 nitrogen and oxygen atoms in total. The summed E-state index contributed by atoms with van der Waals surface area (Å²) in [5.74, 6) is -0.174. The lowest BCUT2D eigenvalue weighted by Crippen LogP contribution is -2.45. The number of nitrogens with one attached hydrogen (secondary N) is 1. The highest BCUT2D eigenvalue weighted by Crippen LogP contribution is 2.43. The van der Waals surface area contributed by atoms with Crippen LogP contribution >= 0.6 is 7.82 Å². The maximum absolute atomic E-state index is 13.1. The molecule has 0 aromatic rings. The SMILES string of the molecule is CC/C=C\C/C=C\C/C=C\C/C=C\C/C=C\CCCCCCCCCCCCCCCCCC(=O)NC(COP(=O)(O)OCC[N+](C)(C)C)C(O)/C=C/CCCCCCCCCCCCCCCCCCCCCCCCCCCCCC. The second-order valence-corrected chi connectivity index (χ2v) is 27.0. The first-order valence-corrected chi connectivity index (χ1v) is 37.3. The molecule has 0 aliphatic carbocycles. The molecule has 3 unspecified atom stereocenters. The summed E-state index contributed by atoms with van der Waals surface area (Å²) in [6, 6.07) is -0.851. The summed E-state index contributed by atoms with van der Waals surface area (Å²) in [5.41, 5.74) is 0. The summed E-state index contributed by atoms with van der Waals surface area (Å²) in [5, 5.41) is 14.0. The number of aliphatic hydroxyl groups excluding tert-OH is 1. The molecule has 0 fully saturated rings. The molecule has 0 radical (unpaired) electrons. The third-order valence-electron chi connectivity index (χ3n) is 16.2. The highest BCUT2D eigenvalue weighted by molar-refractivity contribution is 7.47. The van der Waals surface area contributed by atoms with Crippen molar-refractivity contribution in [2.24, 2.45) is 0 Å². The maximum atomic E-state index is 13.1. The zero-order valence-electron chi connectivity index (χ0n) is 55.7. The molecule has 0 heterocycles. The number of carbonyl (C=O) groups excluding carboxylic acids is 1. The first kappa shape index (κ1) is 80.9. The van der Waals surface area contributed by atoms with Crippen LogP contribution in [-0.2, 0) is 18.4 Å². The molecule has 0 aromatic carbocycles. The highest BCUT2D eigenvalue weighted by atomic mass is 31.2. The lowest BCUT2D eigenvalue weighted by molar-refractivity contribution is -0.870. The first-order chi connectivity index (χ1) is 40.5. The van der Waals surface area contributed by atoms with Gasteiger partial charge in [0.25, 0.3) is 0 Å². The molecule has 0 aliphatic heterocycles. The normalized spacial score (nSPS) is 14.1. The second kappa shape index (κ2) is 64.4. The maximum Gasteiger partial charge on any atom is 0.472 e. The number of unbranched alkanes of at least 4 members (excludes halogenated alkanes) is 43. The van der Waals surface area contributed by atoms with E-state index < -0.39 is 20.0 Å². The number of quaternary nitrogens is 1. The predicted octanol–water partition coefficient (Wildman–Crippen LogP) is 22.9. The van der Waals surface area contributed by atoms with Gasteiger partial charge in [-0.3, -0.25) is 13.8 Å². The van der Waals surface area contributed by atoms with Gasteiger partial charge >= 0.3 is 7.82 Å². The molecule has 0 bridgehead atoms. The van der Waals surface area contributed by atoms with Gasteiger partial charge in [-0.05, 0) is 64.2 Å². The molecule has 3 atom stereocenters. The van der Waals surface area contributed by atoms with Crippen LogP contribution in [0.1, 0.15) is 341 Å². The Labute approximate surface area is 516 Å². The number of allylic oxidation sites excluding steroid dienone is 11. The lowest BCUT2D eigenvalue weighted by Gasteiger charge is -2.25. The number of phosphoric acid groups is 1. The van der Waals surface area contributed by atoms with Crippen molar-refractivity contribution >= 4 is 13.7 Å². The van der Waals surface area contributed by atoms with Crippen molar-refractivity contribution in [2.45, 2.75) is 353 Å². The fourth-order valence-corrected chi connectivity index (χ4v) is 11.4. The Balaban J connectivity index is 4.06. The fourth-order valence-electron chi connectivity index (χ4n) is 10.7. The van der Waals surface area contributed by atoms with E-state index in [4.69, 9.17) is 9.05 Å². The Hall–Kier alpha value is -2.06. The number of phosphoric ester groups is 1. The Kier molecular flexibility index (Phi) is 62.8. The Bertz CT molecular complexity index is 1580. The Morgan fingerprint density at radius 1 is 0.422 bits per heavy atom. The van der Waals surface area contributed by atoms with Gasteiger partial charge in [0.1, 0.15) is 13.2 Å². The third kappa shape index (κ3) is 67.3. The second-order valence-electron chi connectivity index (χ2n) is 25.6. The van der Waals surface area contributed by atoms with Crippen LogP contribution in [0.5, 0.6) is 0 Å². The standard InChI is InChI=1S/C74H139N2O6P/c1-6-8-10-12-14-16-18-20-22-24-26-28-30-32-34-36-38-40-42-44-46-48-50-52-54-56-58-60-62-64-66-68-74(78)75-72(71-82-83(79,80)81-70-69-76(3,4)5)73(77)67-65-63-61-59-57-55-53-51-49-47-45-43-41-39-37-35-33-31-29-27-25-23-21-19-17-15-13-11-9-7-2/h8,10,14,16,20,22,26,28,32,34,65,67,72-73,77H,6-7,9,11-13,15,17-19,21,23-25,27,29-31,33,35-64,66,68-71H2,1-5H3,(H-,75,78,79,80)/p+1/b10-8-,16-14-,22-20-,28-26-,34-32-,67-65+. The molecule has 83 heavy (non-hydrogen) atoms. The molecule has 0 aliphatic rings. The van der Waals surface area contributed by atoms with Crippen LogP contribution in [0, 0.1) is 0 Å². The summed E-state index contributed by atoms with van der Waals surface area (Å²) in [6.45, 7) is 4.75. The molecule has 0 saturated heterocycles. The average Bonchev–Trinajstić information content (AvgIpc) is 3.49. The zero-order chi connectivity index (χ0) is 60.5. The van der Waals surface area contributed by atoms with Gasteiger partial charge in [0.05, 0.1) is 39.9 Å². The number of hydrogen-bond acceptors (Lipinski definition) is 5. The monoisotopic (exact) mass is 1180 g/mol. The molecule has 0 rings (SSSR count). The largest absolute Gasteiger partial charge is 0.472 e. The van der Waals surface area contributed by atoms with Gasteiger partial charge in [-0.25, -0.2) is 4.57 Å². The zero-order valence-corrected chi connectivity index (χ0v) is 56.6. The quantitative estimate of drug-likeness (QED) is 0.0243.